The van der Waals surface area contributed by atoms with Gasteiger partial charge in [0.1, 0.15) is 5.60 Å². The number of ether oxygens (including phenoxy) is 1. The van der Waals surface area contributed by atoms with E-state index in [0.717, 1.165) is 13.1 Å². The standard InChI is InChI=1S/C16H22INO/c1-18-10-13-6-3-7-14(11-18)16(13,19-2)12-5-4-8-15(17)9-12/h4-5,8-9,13-14H,3,6-7,10-11H2,1-2H3/t13-,14+,16-. The average Bonchev–Trinajstić information content (AvgIpc) is 2.38. The van der Waals surface area contributed by atoms with Crippen LogP contribution in [0.15, 0.2) is 24.3 Å². The fourth-order valence-electron chi connectivity index (χ4n) is 4.31. The monoisotopic (exact) mass is 371 g/mol. The quantitative estimate of drug-likeness (QED) is 0.738. The number of fused-ring (bicyclic) bond motifs is 2. The Balaban J connectivity index is 2.07. The van der Waals surface area contributed by atoms with Crippen molar-refractivity contribution in [1.82, 2.24) is 4.90 Å². The van der Waals surface area contributed by atoms with Crippen LogP contribution >= 0.6 is 22.6 Å². The average molecular weight is 371 g/mol. The van der Waals surface area contributed by atoms with Gasteiger partial charge in [-0.3, -0.25) is 0 Å². The molecule has 19 heavy (non-hydrogen) atoms. The van der Waals surface area contributed by atoms with Crippen LogP contribution in [0.1, 0.15) is 24.8 Å². The molecule has 104 valence electrons. The fraction of sp³-hybridized carbons (Fsp3) is 0.625. The minimum absolute atomic E-state index is 0.0497. The molecule has 1 aliphatic heterocycles. The lowest BCUT2D eigenvalue weighted by Gasteiger charge is -2.54. The fourth-order valence-corrected chi connectivity index (χ4v) is 4.85. The summed E-state index contributed by atoms with van der Waals surface area (Å²) >= 11 is 2.41. The summed E-state index contributed by atoms with van der Waals surface area (Å²) in [7, 11) is 4.16. The molecule has 0 unspecified atom stereocenters. The molecule has 0 radical (unpaired) electrons. The van der Waals surface area contributed by atoms with E-state index in [0.29, 0.717) is 11.8 Å². The van der Waals surface area contributed by atoms with Crippen LogP contribution in [-0.2, 0) is 10.3 Å². The van der Waals surface area contributed by atoms with Crippen LogP contribution in [0.3, 0.4) is 0 Å². The van der Waals surface area contributed by atoms with Crippen molar-refractivity contribution < 1.29 is 4.74 Å². The molecule has 0 spiro atoms. The maximum Gasteiger partial charge on any atom is 0.101 e. The van der Waals surface area contributed by atoms with Crippen LogP contribution < -0.4 is 0 Å². The summed E-state index contributed by atoms with van der Waals surface area (Å²) in [6.45, 7) is 2.33. The van der Waals surface area contributed by atoms with E-state index in [9.17, 15) is 0 Å². The molecule has 2 nitrogen and oxygen atoms in total. The number of benzene rings is 1. The lowest BCUT2D eigenvalue weighted by molar-refractivity contribution is -0.165. The molecule has 0 aromatic heterocycles. The van der Waals surface area contributed by atoms with Crippen LogP contribution in [0.2, 0.25) is 0 Å². The molecule has 1 heterocycles. The minimum atomic E-state index is -0.0497. The van der Waals surface area contributed by atoms with Crippen molar-refractivity contribution >= 4 is 22.6 Å². The number of piperidine rings is 1. The molecular weight excluding hydrogens is 349 g/mol. The molecule has 1 aliphatic carbocycles. The second kappa shape index (κ2) is 5.34. The second-order valence-corrected chi connectivity index (χ2v) is 7.30. The molecule has 3 heteroatoms. The second-order valence-electron chi connectivity index (χ2n) is 6.05. The van der Waals surface area contributed by atoms with E-state index < -0.39 is 0 Å². The summed E-state index contributed by atoms with van der Waals surface area (Å²) in [5, 5.41) is 0. The summed E-state index contributed by atoms with van der Waals surface area (Å²) in [4.78, 5) is 2.49. The van der Waals surface area contributed by atoms with Crippen LogP contribution in [0.5, 0.6) is 0 Å². The van der Waals surface area contributed by atoms with Crippen molar-refractivity contribution in [2.75, 3.05) is 27.2 Å². The Kier molecular flexibility index (Phi) is 3.89. The molecule has 2 aliphatic rings. The smallest absolute Gasteiger partial charge is 0.101 e. The lowest BCUT2D eigenvalue weighted by atomic mass is 9.62. The molecule has 0 amide bonds. The summed E-state index contributed by atoms with van der Waals surface area (Å²) in [5.41, 5.74) is 1.34. The zero-order valence-electron chi connectivity index (χ0n) is 11.7. The highest BCUT2D eigenvalue weighted by Gasteiger charge is 2.52. The molecule has 0 N–H and O–H groups in total. The lowest BCUT2D eigenvalue weighted by Crippen LogP contribution is -2.58. The Morgan fingerprint density at radius 2 is 1.95 bits per heavy atom. The molecule has 1 saturated carbocycles. The van der Waals surface area contributed by atoms with E-state index in [-0.39, 0.29) is 5.60 Å². The first-order valence-corrected chi connectivity index (χ1v) is 8.24. The van der Waals surface area contributed by atoms with Gasteiger partial charge in [-0.25, -0.2) is 0 Å². The van der Waals surface area contributed by atoms with E-state index >= 15 is 0 Å². The summed E-state index contributed by atoms with van der Waals surface area (Å²) in [6.07, 6.45) is 3.94. The zero-order valence-corrected chi connectivity index (χ0v) is 13.9. The Hall–Kier alpha value is -0.130. The Morgan fingerprint density at radius 3 is 2.53 bits per heavy atom. The van der Waals surface area contributed by atoms with Crippen molar-refractivity contribution in [2.24, 2.45) is 11.8 Å². The SMILES string of the molecule is CO[C@]1(c2cccc(I)c2)[C@@H]2CCC[C@H]1CN(C)C2. The van der Waals surface area contributed by atoms with Gasteiger partial charge in [-0.05, 0) is 60.2 Å². The van der Waals surface area contributed by atoms with Gasteiger partial charge < -0.3 is 9.64 Å². The molecule has 1 aromatic rings. The topological polar surface area (TPSA) is 12.5 Å². The molecular formula is C16H22INO. The predicted molar refractivity (Wildman–Crippen MR) is 86.2 cm³/mol. The number of methoxy groups -OCH3 is 1. The first-order valence-electron chi connectivity index (χ1n) is 7.16. The zero-order chi connectivity index (χ0) is 13.5. The van der Waals surface area contributed by atoms with E-state index in [1.165, 1.54) is 28.4 Å². The van der Waals surface area contributed by atoms with Crippen molar-refractivity contribution in [1.29, 1.82) is 0 Å². The highest BCUT2D eigenvalue weighted by Crippen LogP contribution is 2.51. The summed E-state index contributed by atoms with van der Waals surface area (Å²) in [6, 6.07) is 8.92. The van der Waals surface area contributed by atoms with Crippen molar-refractivity contribution in [3.63, 3.8) is 0 Å². The number of likely N-dealkylation sites (tertiary alicyclic amines) is 1. The largest absolute Gasteiger partial charge is 0.373 e. The van der Waals surface area contributed by atoms with Gasteiger partial charge in [-0.15, -0.1) is 0 Å². The molecule has 2 fully saturated rings. The maximum absolute atomic E-state index is 6.21. The van der Waals surface area contributed by atoms with Gasteiger partial charge in [0.2, 0.25) is 0 Å². The highest BCUT2D eigenvalue weighted by atomic mass is 127. The third-order valence-corrected chi connectivity index (χ3v) is 5.67. The van der Waals surface area contributed by atoms with Crippen LogP contribution in [-0.4, -0.2) is 32.1 Å². The number of halogens is 1. The first-order chi connectivity index (χ1) is 9.16. The number of hydrogen-bond acceptors (Lipinski definition) is 2. The maximum atomic E-state index is 6.21. The number of hydrogen-bond donors (Lipinski definition) is 0. The van der Waals surface area contributed by atoms with Gasteiger partial charge in [0.25, 0.3) is 0 Å². The van der Waals surface area contributed by atoms with E-state index in [4.69, 9.17) is 4.74 Å². The third kappa shape index (κ3) is 2.24. The van der Waals surface area contributed by atoms with Gasteiger partial charge in [0.05, 0.1) is 0 Å². The van der Waals surface area contributed by atoms with Crippen molar-refractivity contribution in [2.45, 2.75) is 24.9 Å². The first kappa shape index (κ1) is 13.8. The Morgan fingerprint density at radius 1 is 1.26 bits per heavy atom. The number of nitrogens with zero attached hydrogens (tertiary/aromatic N) is 1. The van der Waals surface area contributed by atoms with Crippen molar-refractivity contribution in [3.05, 3.63) is 33.4 Å². The summed E-state index contributed by atoms with van der Waals surface area (Å²) in [5.74, 6) is 1.27. The predicted octanol–water partition coefficient (Wildman–Crippen LogP) is 3.49. The van der Waals surface area contributed by atoms with Crippen LogP contribution in [0, 0.1) is 15.4 Å². The third-order valence-electron chi connectivity index (χ3n) is 5.00. The highest BCUT2D eigenvalue weighted by molar-refractivity contribution is 14.1. The van der Waals surface area contributed by atoms with Crippen molar-refractivity contribution in [3.8, 4) is 0 Å². The van der Waals surface area contributed by atoms with Gasteiger partial charge in [0.15, 0.2) is 0 Å². The minimum Gasteiger partial charge on any atom is -0.373 e. The van der Waals surface area contributed by atoms with Gasteiger partial charge in [-0.2, -0.15) is 0 Å². The van der Waals surface area contributed by atoms with E-state index in [2.05, 4.69) is 58.8 Å². The normalized spacial score (nSPS) is 35.3. The van der Waals surface area contributed by atoms with Crippen LogP contribution in [0.4, 0.5) is 0 Å². The molecule has 3 rings (SSSR count). The Bertz CT molecular complexity index is 448. The van der Waals surface area contributed by atoms with Gasteiger partial charge in [0, 0.05) is 35.6 Å². The van der Waals surface area contributed by atoms with E-state index in [1.807, 2.05) is 7.11 Å². The molecule has 3 atom stereocenters. The van der Waals surface area contributed by atoms with Gasteiger partial charge in [-0.1, -0.05) is 18.6 Å². The molecule has 2 bridgehead atoms. The Labute approximate surface area is 129 Å². The van der Waals surface area contributed by atoms with E-state index in [1.54, 1.807) is 0 Å². The molecule has 1 saturated heterocycles. The van der Waals surface area contributed by atoms with Crippen LogP contribution in [0.25, 0.3) is 0 Å². The number of rotatable bonds is 2. The summed E-state index contributed by atoms with van der Waals surface area (Å²) < 4.78 is 7.51. The van der Waals surface area contributed by atoms with Gasteiger partial charge >= 0.3 is 0 Å². The molecule has 1 aromatic carbocycles.